The van der Waals surface area contributed by atoms with E-state index < -0.39 is 5.97 Å². The number of carbonyl (C=O) groups is 3. The second-order valence-corrected chi connectivity index (χ2v) is 8.35. The van der Waals surface area contributed by atoms with Gasteiger partial charge in [-0.25, -0.2) is 4.79 Å². The van der Waals surface area contributed by atoms with Crippen molar-refractivity contribution < 1.29 is 19.1 Å². The van der Waals surface area contributed by atoms with E-state index in [1.165, 1.54) is 0 Å². The lowest BCUT2D eigenvalue weighted by atomic mass is 10.0. The molecule has 2 aromatic rings. The van der Waals surface area contributed by atoms with Crippen molar-refractivity contribution in [1.82, 2.24) is 14.5 Å². The third kappa shape index (κ3) is 4.92. The van der Waals surface area contributed by atoms with Gasteiger partial charge in [-0.1, -0.05) is 12.8 Å². The van der Waals surface area contributed by atoms with Gasteiger partial charge in [-0.15, -0.1) is 0 Å². The lowest BCUT2D eigenvalue weighted by Crippen LogP contribution is -2.38. The minimum atomic E-state index is -0.426. The Labute approximate surface area is 189 Å². The molecule has 2 heterocycles. The van der Waals surface area contributed by atoms with Crippen LogP contribution in [-0.4, -0.2) is 45.3 Å². The highest BCUT2D eigenvalue weighted by molar-refractivity contribution is 6.04. The van der Waals surface area contributed by atoms with Gasteiger partial charge in [0.25, 0.3) is 0 Å². The van der Waals surface area contributed by atoms with Crippen LogP contribution in [0.4, 0.5) is 0 Å². The molecule has 0 bridgehead atoms. The Morgan fingerprint density at radius 1 is 1.12 bits per heavy atom. The number of nitrogens with zero attached hydrogens (tertiary/aromatic N) is 3. The zero-order valence-corrected chi connectivity index (χ0v) is 19.5. The predicted octanol–water partition coefficient (Wildman–Crippen LogP) is 4.10. The van der Waals surface area contributed by atoms with Gasteiger partial charge in [0.15, 0.2) is 5.78 Å². The van der Waals surface area contributed by atoms with Gasteiger partial charge in [0.05, 0.1) is 13.2 Å². The van der Waals surface area contributed by atoms with Crippen LogP contribution >= 0.6 is 0 Å². The Balaban J connectivity index is 1.91. The van der Waals surface area contributed by atoms with E-state index in [9.17, 15) is 14.4 Å². The van der Waals surface area contributed by atoms with Crippen molar-refractivity contribution in [2.75, 3.05) is 13.2 Å². The number of Topliss-reactive ketones (excluding diaryl/α,β-unsaturated/α-hetero) is 1. The number of amides is 1. The van der Waals surface area contributed by atoms with E-state index in [-0.39, 0.29) is 30.8 Å². The predicted molar refractivity (Wildman–Crippen MR) is 121 cm³/mol. The summed E-state index contributed by atoms with van der Waals surface area (Å²) in [6, 6.07) is 3.73. The van der Waals surface area contributed by atoms with E-state index >= 15 is 0 Å². The molecular formula is C25H33N3O4. The maximum absolute atomic E-state index is 13.5. The van der Waals surface area contributed by atoms with Crippen molar-refractivity contribution in [3.63, 3.8) is 0 Å². The molecule has 0 radical (unpaired) electrons. The SMILES string of the molecule is CCOC(=O)c1c(C)c(C(=O)CN(Cc2ccncc2)C(=O)C2CCCC2)c(C)n1CC. The zero-order chi connectivity index (χ0) is 23.3. The van der Waals surface area contributed by atoms with E-state index in [0.29, 0.717) is 29.9 Å². The van der Waals surface area contributed by atoms with Crippen molar-refractivity contribution in [2.45, 2.75) is 66.5 Å². The molecule has 172 valence electrons. The Hall–Kier alpha value is -2.96. The second kappa shape index (κ2) is 10.6. The summed E-state index contributed by atoms with van der Waals surface area (Å²) in [6.07, 6.45) is 7.23. The molecule has 3 rings (SSSR count). The summed E-state index contributed by atoms with van der Waals surface area (Å²) >= 11 is 0. The van der Waals surface area contributed by atoms with Crippen LogP contribution in [0.5, 0.6) is 0 Å². The number of ether oxygens (including phenoxy) is 1. The van der Waals surface area contributed by atoms with Crippen LogP contribution in [0.2, 0.25) is 0 Å². The highest BCUT2D eigenvalue weighted by atomic mass is 16.5. The summed E-state index contributed by atoms with van der Waals surface area (Å²) in [6.45, 7) is 8.49. The van der Waals surface area contributed by atoms with Gasteiger partial charge >= 0.3 is 5.97 Å². The van der Waals surface area contributed by atoms with Crippen molar-refractivity contribution in [3.05, 3.63) is 52.6 Å². The molecule has 0 saturated heterocycles. The van der Waals surface area contributed by atoms with Gasteiger partial charge in [-0.2, -0.15) is 0 Å². The lowest BCUT2D eigenvalue weighted by Gasteiger charge is -2.25. The highest BCUT2D eigenvalue weighted by Crippen LogP contribution is 2.28. The first kappa shape index (κ1) is 23.7. The van der Waals surface area contributed by atoms with Gasteiger partial charge in [0, 0.05) is 42.7 Å². The largest absolute Gasteiger partial charge is 0.461 e. The number of esters is 1. The average Bonchev–Trinajstić information content (AvgIpc) is 3.39. The quantitative estimate of drug-likeness (QED) is 0.434. The first-order chi connectivity index (χ1) is 15.4. The molecule has 0 N–H and O–H groups in total. The van der Waals surface area contributed by atoms with E-state index in [0.717, 1.165) is 36.9 Å². The summed E-state index contributed by atoms with van der Waals surface area (Å²) in [7, 11) is 0. The highest BCUT2D eigenvalue weighted by Gasteiger charge is 2.31. The van der Waals surface area contributed by atoms with Crippen molar-refractivity contribution in [2.24, 2.45) is 5.92 Å². The molecule has 1 saturated carbocycles. The van der Waals surface area contributed by atoms with Crippen LogP contribution in [-0.2, 0) is 22.6 Å². The van der Waals surface area contributed by atoms with Gasteiger partial charge in [0.1, 0.15) is 5.69 Å². The first-order valence-corrected chi connectivity index (χ1v) is 11.5. The molecule has 2 aromatic heterocycles. The van der Waals surface area contributed by atoms with E-state index in [1.54, 1.807) is 31.1 Å². The summed E-state index contributed by atoms with van der Waals surface area (Å²) in [5, 5.41) is 0. The molecule has 7 heteroatoms. The minimum Gasteiger partial charge on any atom is -0.461 e. The monoisotopic (exact) mass is 439 g/mol. The molecule has 0 unspecified atom stereocenters. The number of rotatable bonds is 9. The Kier molecular flexibility index (Phi) is 7.83. The van der Waals surface area contributed by atoms with Gasteiger partial charge in [-0.05, 0) is 63.8 Å². The average molecular weight is 440 g/mol. The van der Waals surface area contributed by atoms with Crippen molar-refractivity contribution in [1.29, 1.82) is 0 Å². The fourth-order valence-corrected chi connectivity index (χ4v) is 4.77. The molecular weight excluding hydrogens is 406 g/mol. The summed E-state index contributed by atoms with van der Waals surface area (Å²) in [5.74, 6) is -0.575. The molecule has 1 amide bonds. The number of ketones is 1. The van der Waals surface area contributed by atoms with E-state index in [1.807, 2.05) is 30.5 Å². The van der Waals surface area contributed by atoms with Crippen LogP contribution in [0.3, 0.4) is 0 Å². The van der Waals surface area contributed by atoms with E-state index in [4.69, 9.17) is 4.74 Å². The third-order valence-electron chi connectivity index (χ3n) is 6.30. The Morgan fingerprint density at radius 3 is 2.38 bits per heavy atom. The molecule has 7 nitrogen and oxygen atoms in total. The van der Waals surface area contributed by atoms with E-state index in [2.05, 4.69) is 4.98 Å². The Bertz CT molecular complexity index is 975. The molecule has 1 aliphatic rings. The van der Waals surface area contributed by atoms with Gasteiger partial charge in [-0.3, -0.25) is 14.6 Å². The fraction of sp³-hybridized carbons (Fsp3) is 0.520. The molecule has 1 aliphatic carbocycles. The zero-order valence-electron chi connectivity index (χ0n) is 19.5. The van der Waals surface area contributed by atoms with Crippen LogP contribution in [0.25, 0.3) is 0 Å². The van der Waals surface area contributed by atoms with Crippen LogP contribution in [0.1, 0.15) is 77.2 Å². The number of aromatic nitrogens is 2. The topological polar surface area (TPSA) is 81.5 Å². The van der Waals surface area contributed by atoms with Crippen LogP contribution in [0, 0.1) is 19.8 Å². The first-order valence-electron chi connectivity index (χ1n) is 11.5. The number of hydrogen-bond donors (Lipinski definition) is 0. The summed E-state index contributed by atoms with van der Waals surface area (Å²) in [4.78, 5) is 45.0. The third-order valence-corrected chi connectivity index (χ3v) is 6.30. The molecule has 0 aromatic carbocycles. The maximum atomic E-state index is 13.5. The molecule has 1 fully saturated rings. The number of hydrogen-bond acceptors (Lipinski definition) is 5. The minimum absolute atomic E-state index is 0.0185. The molecule has 0 aliphatic heterocycles. The van der Waals surface area contributed by atoms with Gasteiger partial charge < -0.3 is 14.2 Å². The van der Waals surface area contributed by atoms with Gasteiger partial charge in [0.2, 0.25) is 5.91 Å². The number of carbonyl (C=O) groups excluding carboxylic acids is 3. The smallest absolute Gasteiger partial charge is 0.355 e. The summed E-state index contributed by atoms with van der Waals surface area (Å²) in [5.41, 5.74) is 3.21. The lowest BCUT2D eigenvalue weighted by molar-refractivity contribution is -0.135. The van der Waals surface area contributed by atoms with Crippen molar-refractivity contribution in [3.8, 4) is 0 Å². The molecule has 32 heavy (non-hydrogen) atoms. The van der Waals surface area contributed by atoms with Crippen molar-refractivity contribution >= 4 is 17.7 Å². The Morgan fingerprint density at radius 2 is 1.78 bits per heavy atom. The standard InChI is InChI=1S/C25H33N3O4/c1-5-28-18(4)22(17(3)23(28)25(31)32-6-2)21(29)16-27(15-19-11-13-26-14-12-19)24(30)20-9-7-8-10-20/h11-14,20H,5-10,15-16H2,1-4H3. The summed E-state index contributed by atoms with van der Waals surface area (Å²) < 4.78 is 7.05. The molecule has 0 atom stereocenters. The number of pyridine rings is 1. The molecule has 0 spiro atoms. The van der Waals surface area contributed by atoms with Crippen LogP contribution < -0.4 is 0 Å². The maximum Gasteiger partial charge on any atom is 0.355 e. The van der Waals surface area contributed by atoms with Crippen LogP contribution in [0.15, 0.2) is 24.5 Å². The normalized spacial score (nSPS) is 13.9. The second-order valence-electron chi connectivity index (χ2n) is 8.35. The fourth-order valence-electron chi connectivity index (χ4n) is 4.77.